The van der Waals surface area contributed by atoms with Crippen LogP contribution >= 0.6 is 0 Å². The normalized spacial score (nSPS) is 40.6. The van der Waals surface area contributed by atoms with Gasteiger partial charge in [0.05, 0.1) is 24.1 Å². The van der Waals surface area contributed by atoms with E-state index in [1.807, 2.05) is 0 Å². The number of carbonyl (C=O) groups excluding carboxylic acids is 1. The number of amides is 1. The molecule has 1 saturated heterocycles. The highest BCUT2D eigenvalue weighted by molar-refractivity contribution is 7.88. The molecule has 0 spiro atoms. The highest BCUT2D eigenvalue weighted by Gasteiger charge is 2.62. The summed E-state index contributed by atoms with van der Waals surface area (Å²) in [5.41, 5.74) is -1.58. The van der Waals surface area contributed by atoms with Crippen LogP contribution in [0.5, 0.6) is 0 Å². The van der Waals surface area contributed by atoms with Crippen LogP contribution in [0.3, 0.4) is 0 Å². The zero-order valence-electron chi connectivity index (χ0n) is 16.4. The minimum absolute atomic E-state index is 0.00128. The maximum Gasteiger partial charge on any atom is 0.394 e. The third-order valence-electron chi connectivity index (χ3n) is 7.40. The average Bonchev–Trinajstić information content (AvgIpc) is 3.37. The molecule has 5 unspecified atom stereocenters. The molecule has 172 valence electrons. The highest BCUT2D eigenvalue weighted by Crippen LogP contribution is 2.59. The zero-order valence-corrected chi connectivity index (χ0v) is 17.2. The Morgan fingerprint density at radius 2 is 1.93 bits per heavy atom. The van der Waals surface area contributed by atoms with Gasteiger partial charge in [-0.1, -0.05) is 0 Å². The lowest BCUT2D eigenvalue weighted by atomic mass is 9.66. The van der Waals surface area contributed by atoms with Crippen molar-refractivity contribution in [2.75, 3.05) is 13.1 Å². The largest absolute Gasteiger partial charge is 0.394 e. The Morgan fingerprint density at radius 1 is 1.23 bits per heavy atom. The second-order valence-corrected chi connectivity index (χ2v) is 10.9. The van der Waals surface area contributed by atoms with Crippen LogP contribution in [-0.2, 0) is 15.0 Å². The molecule has 4 aliphatic rings. The van der Waals surface area contributed by atoms with Gasteiger partial charge in [-0.25, -0.2) is 9.11 Å². The molecule has 4 fully saturated rings. The molecule has 3 N–H and O–H groups in total. The van der Waals surface area contributed by atoms with E-state index in [-0.39, 0.29) is 44.2 Å². The maximum absolute atomic E-state index is 15.4. The minimum Gasteiger partial charge on any atom is -0.391 e. The molecule has 0 aromatic heterocycles. The first-order valence-electron chi connectivity index (χ1n) is 10.4. The zero-order chi connectivity index (χ0) is 21.9. The van der Waals surface area contributed by atoms with Gasteiger partial charge in [0.2, 0.25) is 5.91 Å². The molecule has 3 aliphatic carbocycles. The van der Waals surface area contributed by atoms with Gasteiger partial charge in [0.15, 0.2) is 0 Å². The van der Waals surface area contributed by atoms with Gasteiger partial charge in [0.25, 0.3) is 0 Å². The number of aliphatic hydroxyl groups excluding tert-OH is 1. The van der Waals surface area contributed by atoms with E-state index in [0.29, 0.717) is 23.6 Å². The van der Waals surface area contributed by atoms with Crippen molar-refractivity contribution in [1.29, 1.82) is 0 Å². The van der Waals surface area contributed by atoms with E-state index in [1.54, 1.807) is 4.72 Å². The van der Waals surface area contributed by atoms with Crippen molar-refractivity contribution in [2.24, 2.45) is 17.3 Å². The quantitative estimate of drug-likeness (QED) is 0.540. The Hall–Kier alpha value is -0.980. The Kier molecular flexibility index (Phi) is 5.60. The number of nitrogens with zero attached hydrogens (tertiary/aromatic N) is 1. The van der Waals surface area contributed by atoms with E-state index in [9.17, 15) is 31.5 Å². The fourth-order valence-electron chi connectivity index (χ4n) is 5.47. The van der Waals surface area contributed by atoms with E-state index < -0.39 is 58.5 Å². The summed E-state index contributed by atoms with van der Waals surface area (Å²) in [7, 11) is -4.18. The molecule has 0 bridgehead atoms. The van der Waals surface area contributed by atoms with E-state index >= 15 is 4.39 Å². The summed E-state index contributed by atoms with van der Waals surface area (Å²) < 4.78 is 81.4. The fourth-order valence-corrected chi connectivity index (χ4v) is 6.80. The second-order valence-electron chi connectivity index (χ2n) is 9.23. The molecule has 1 amide bonds. The van der Waals surface area contributed by atoms with Crippen LogP contribution in [0.25, 0.3) is 0 Å². The number of hydrogen-bond acceptors (Lipinski definition) is 5. The van der Waals surface area contributed by atoms with E-state index in [4.69, 9.17) is 0 Å². The van der Waals surface area contributed by atoms with Gasteiger partial charge in [-0.2, -0.15) is 25.9 Å². The number of halogens is 4. The van der Waals surface area contributed by atoms with Crippen molar-refractivity contribution >= 4 is 16.1 Å². The number of alkyl halides is 4. The predicted octanol–water partition coefficient (Wildman–Crippen LogP) is 1.24. The molecular weight excluding hydrogens is 430 g/mol. The third kappa shape index (κ3) is 3.95. The van der Waals surface area contributed by atoms with Crippen LogP contribution in [0, 0.1) is 17.3 Å². The predicted molar refractivity (Wildman–Crippen MR) is 98.0 cm³/mol. The van der Waals surface area contributed by atoms with E-state index in [0.717, 1.165) is 0 Å². The van der Waals surface area contributed by atoms with Crippen LogP contribution in [0.4, 0.5) is 17.6 Å². The van der Waals surface area contributed by atoms with Gasteiger partial charge in [0, 0.05) is 6.04 Å². The molecule has 6 atom stereocenters. The van der Waals surface area contributed by atoms with Gasteiger partial charge in [-0.15, -0.1) is 0 Å². The monoisotopic (exact) mass is 457 g/mol. The lowest BCUT2D eigenvalue weighted by Gasteiger charge is -2.48. The first-order chi connectivity index (χ1) is 13.9. The molecule has 1 aliphatic heterocycles. The topological polar surface area (TPSA) is 98.7 Å². The Morgan fingerprint density at radius 3 is 2.50 bits per heavy atom. The number of aliphatic hydroxyl groups is 1. The number of hydrogen-bond donors (Lipinski definition) is 3. The van der Waals surface area contributed by atoms with Gasteiger partial charge in [-0.05, 0) is 63.3 Å². The third-order valence-corrected chi connectivity index (χ3v) is 8.87. The number of fused-ring (bicyclic) bond motifs is 1. The van der Waals surface area contributed by atoms with Gasteiger partial charge < -0.3 is 10.4 Å². The molecule has 3 saturated carbocycles. The summed E-state index contributed by atoms with van der Waals surface area (Å²) in [5, 5.41) is 13.6. The van der Waals surface area contributed by atoms with Gasteiger partial charge in [0.1, 0.15) is 6.17 Å². The molecule has 30 heavy (non-hydrogen) atoms. The SMILES string of the molecule is O=C1CN(C2C(O)CC3CC[C@@H](NCCC4(C(F)(F)F)CC4)CC3C2F)S(=O)(=O)N1. The van der Waals surface area contributed by atoms with Crippen LogP contribution < -0.4 is 10.0 Å². The van der Waals surface area contributed by atoms with Crippen LogP contribution in [0.1, 0.15) is 44.9 Å². The van der Waals surface area contributed by atoms with E-state index in [1.165, 1.54) is 0 Å². The smallest absolute Gasteiger partial charge is 0.391 e. The molecule has 4 rings (SSSR count). The molecule has 0 aromatic carbocycles. The van der Waals surface area contributed by atoms with Crippen molar-refractivity contribution in [2.45, 2.75) is 75.5 Å². The van der Waals surface area contributed by atoms with Crippen molar-refractivity contribution in [3.63, 3.8) is 0 Å². The van der Waals surface area contributed by atoms with Crippen LogP contribution in [0.15, 0.2) is 0 Å². The van der Waals surface area contributed by atoms with E-state index in [2.05, 4.69) is 5.32 Å². The molecule has 12 heteroatoms. The Bertz CT molecular complexity index is 789. The number of nitrogens with one attached hydrogen (secondary N) is 2. The lowest BCUT2D eigenvalue weighted by molar-refractivity contribution is -0.188. The average molecular weight is 457 g/mol. The molecular formula is C18H27F4N3O4S. The standard InChI is InChI=1S/C18H27F4N3O4S/c19-15-12-8-11(23-6-5-17(3-4-17)18(20,21)22)2-1-10(12)7-13(26)16(15)25-9-14(27)24-30(25,28)29/h10-13,15-16,23,26H,1-9H2,(H,24,27)/t10?,11-,12?,13?,15?,16?/m1/s1. The first-order valence-corrected chi connectivity index (χ1v) is 11.8. The van der Waals surface area contributed by atoms with Crippen molar-refractivity contribution in [3.05, 3.63) is 0 Å². The summed E-state index contributed by atoms with van der Waals surface area (Å²) in [6.07, 6.45) is -4.88. The second kappa shape index (κ2) is 7.56. The lowest BCUT2D eigenvalue weighted by Crippen LogP contribution is -2.59. The molecule has 0 radical (unpaired) electrons. The fraction of sp³-hybridized carbons (Fsp3) is 0.944. The molecule has 1 heterocycles. The number of carbonyl (C=O) groups is 1. The minimum atomic E-state index is -4.20. The maximum atomic E-state index is 15.4. The van der Waals surface area contributed by atoms with Crippen molar-refractivity contribution in [3.8, 4) is 0 Å². The van der Waals surface area contributed by atoms with Crippen molar-refractivity contribution < 1.29 is 35.9 Å². The van der Waals surface area contributed by atoms with Gasteiger partial charge >= 0.3 is 16.4 Å². The number of rotatable bonds is 5. The van der Waals surface area contributed by atoms with Crippen molar-refractivity contribution in [1.82, 2.24) is 14.3 Å². The summed E-state index contributed by atoms with van der Waals surface area (Å²) in [5.74, 6) is -1.41. The van der Waals surface area contributed by atoms with Gasteiger partial charge in [-0.3, -0.25) is 4.79 Å². The van der Waals surface area contributed by atoms with Crippen LogP contribution in [-0.4, -0.2) is 67.4 Å². The van der Waals surface area contributed by atoms with Crippen LogP contribution in [0.2, 0.25) is 0 Å². The summed E-state index contributed by atoms with van der Waals surface area (Å²) in [4.78, 5) is 11.5. The summed E-state index contributed by atoms with van der Waals surface area (Å²) >= 11 is 0. The highest BCUT2D eigenvalue weighted by atomic mass is 32.2. The molecule has 7 nitrogen and oxygen atoms in total. The first kappa shape index (κ1) is 22.2. The summed E-state index contributed by atoms with van der Waals surface area (Å²) in [6.45, 7) is -0.327. The Balaban J connectivity index is 1.38. The Labute approximate surface area is 172 Å². The molecule has 0 aromatic rings. The summed E-state index contributed by atoms with van der Waals surface area (Å²) in [6, 6.07) is -1.49.